The molecule has 0 atom stereocenters. The van der Waals surface area contributed by atoms with E-state index < -0.39 is 5.97 Å². The molecule has 1 aromatic rings. The van der Waals surface area contributed by atoms with Gasteiger partial charge in [0.25, 0.3) is 0 Å². The van der Waals surface area contributed by atoms with Gasteiger partial charge in [0, 0.05) is 31.7 Å². The molecule has 7 nitrogen and oxygen atoms in total. The molecular weight excluding hydrogens is 334 g/mol. The molecule has 1 aromatic carbocycles. The predicted octanol–water partition coefficient (Wildman–Crippen LogP) is 1.64. The first-order valence-electron chi connectivity index (χ1n) is 8.83. The Balaban J connectivity index is 1.87. The van der Waals surface area contributed by atoms with Crippen LogP contribution in [0.3, 0.4) is 0 Å². The quantitative estimate of drug-likeness (QED) is 0.698. The minimum Gasteiger partial charge on any atom is -0.480 e. The first-order valence-corrected chi connectivity index (χ1v) is 8.83. The van der Waals surface area contributed by atoms with Crippen LogP contribution in [-0.2, 0) is 14.4 Å². The Morgan fingerprint density at radius 3 is 2.50 bits per heavy atom. The van der Waals surface area contributed by atoms with E-state index in [2.05, 4.69) is 5.32 Å². The van der Waals surface area contributed by atoms with Gasteiger partial charge in [-0.15, -0.1) is 0 Å². The number of carbonyl (C=O) groups is 3. The van der Waals surface area contributed by atoms with Crippen LogP contribution in [0.5, 0.6) is 0 Å². The number of likely N-dealkylation sites (N-methyl/N-ethyl adjacent to an activating group) is 1. The maximum atomic E-state index is 12.4. The summed E-state index contributed by atoms with van der Waals surface area (Å²) in [6.45, 7) is 4.30. The molecule has 0 heterocycles. The van der Waals surface area contributed by atoms with Crippen molar-refractivity contribution in [1.29, 1.82) is 0 Å². The van der Waals surface area contributed by atoms with Gasteiger partial charge < -0.3 is 15.3 Å². The van der Waals surface area contributed by atoms with E-state index in [0.717, 1.165) is 29.7 Å². The highest BCUT2D eigenvalue weighted by Crippen LogP contribution is 2.27. The number of carboxylic acid groups (broad SMARTS) is 1. The number of nitrogens with zero attached hydrogens (tertiary/aromatic N) is 2. The number of anilines is 1. The third-order valence-electron chi connectivity index (χ3n) is 4.49. The average molecular weight is 361 g/mol. The zero-order valence-electron chi connectivity index (χ0n) is 15.6. The number of hydrogen-bond acceptors (Lipinski definition) is 4. The Bertz CT molecular complexity index is 685. The summed E-state index contributed by atoms with van der Waals surface area (Å²) in [5, 5.41) is 11.7. The Morgan fingerprint density at radius 1 is 1.19 bits per heavy atom. The second kappa shape index (κ2) is 8.80. The van der Waals surface area contributed by atoms with E-state index in [9.17, 15) is 14.4 Å². The first kappa shape index (κ1) is 19.9. The molecule has 7 heteroatoms. The summed E-state index contributed by atoms with van der Waals surface area (Å²) >= 11 is 0. The monoisotopic (exact) mass is 361 g/mol. The molecule has 2 amide bonds. The van der Waals surface area contributed by atoms with E-state index in [1.807, 2.05) is 36.9 Å². The number of carbonyl (C=O) groups excluding carboxylic acids is 2. The third-order valence-corrected chi connectivity index (χ3v) is 4.49. The standard InChI is InChI=1S/C19H27N3O4/c1-13-4-5-14(2)16(10-13)20-17(23)11-22(15-6-7-15)9-8-18(24)21(3)12-19(25)26/h4-5,10,15H,6-9,11-12H2,1-3H3,(H,20,23)(H,25,26). The van der Waals surface area contributed by atoms with E-state index in [4.69, 9.17) is 5.11 Å². The largest absolute Gasteiger partial charge is 0.480 e. The van der Waals surface area contributed by atoms with Crippen LogP contribution in [-0.4, -0.2) is 65.4 Å². The zero-order chi connectivity index (χ0) is 19.3. The van der Waals surface area contributed by atoms with Gasteiger partial charge in [-0.2, -0.15) is 0 Å². The van der Waals surface area contributed by atoms with Crippen molar-refractivity contribution in [2.24, 2.45) is 0 Å². The van der Waals surface area contributed by atoms with Crippen LogP contribution < -0.4 is 5.32 Å². The van der Waals surface area contributed by atoms with E-state index in [0.29, 0.717) is 12.6 Å². The summed E-state index contributed by atoms with van der Waals surface area (Å²) in [6.07, 6.45) is 2.25. The first-order chi connectivity index (χ1) is 12.3. The fraction of sp³-hybridized carbons (Fsp3) is 0.526. The van der Waals surface area contributed by atoms with Crippen LogP contribution in [0.4, 0.5) is 5.69 Å². The highest BCUT2D eigenvalue weighted by Gasteiger charge is 2.30. The highest BCUT2D eigenvalue weighted by molar-refractivity contribution is 5.93. The van der Waals surface area contributed by atoms with Crippen LogP contribution in [0.25, 0.3) is 0 Å². The average Bonchev–Trinajstić information content (AvgIpc) is 3.38. The van der Waals surface area contributed by atoms with Gasteiger partial charge in [-0.25, -0.2) is 0 Å². The molecule has 2 rings (SSSR count). The van der Waals surface area contributed by atoms with Crippen LogP contribution >= 0.6 is 0 Å². The Labute approximate surface area is 154 Å². The van der Waals surface area contributed by atoms with Crippen LogP contribution in [0.2, 0.25) is 0 Å². The minimum absolute atomic E-state index is 0.100. The molecule has 1 saturated carbocycles. The van der Waals surface area contributed by atoms with Gasteiger partial charge in [0.1, 0.15) is 6.54 Å². The summed E-state index contributed by atoms with van der Waals surface area (Å²) in [6, 6.07) is 6.25. The molecule has 0 spiro atoms. The topological polar surface area (TPSA) is 90.0 Å². The normalized spacial score (nSPS) is 13.5. The summed E-state index contributed by atoms with van der Waals surface area (Å²) in [7, 11) is 1.48. The number of aryl methyl sites for hydroxylation is 2. The fourth-order valence-electron chi connectivity index (χ4n) is 2.80. The van der Waals surface area contributed by atoms with E-state index in [-0.39, 0.29) is 31.3 Å². The summed E-state index contributed by atoms with van der Waals surface area (Å²) in [5.41, 5.74) is 2.90. The number of rotatable bonds is 9. The zero-order valence-corrected chi connectivity index (χ0v) is 15.6. The van der Waals surface area contributed by atoms with Crippen molar-refractivity contribution in [2.75, 3.05) is 32.0 Å². The van der Waals surface area contributed by atoms with Gasteiger partial charge >= 0.3 is 5.97 Å². The molecule has 1 aliphatic carbocycles. The maximum Gasteiger partial charge on any atom is 0.323 e. The van der Waals surface area contributed by atoms with Crippen LogP contribution in [0, 0.1) is 13.8 Å². The third kappa shape index (κ3) is 6.15. The van der Waals surface area contributed by atoms with Crippen molar-refractivity contribution in [3.63, 3.8) is 0 Å². The molecule has 0 unspecified atom stereocenters. The molecule has 142 valence electrons. The van der Waals surface area contributed by atoms with Crippen molar-refractivity contribution in [2.45, 2.75) is 39.2 Å². The van der Waals surface area contributed by atoms with Crippen LogP contribution in [0.15, 0.2) is 18.2 Å². The lowest BCUT2D eigenvalue weighted by molar-refractivity contribution is -0.143. The second-order valence-electron chi connectivity index (χ2n) is 6.96. The molecule has 0 aliphatic heterocycles. The molecule has 0 bridgehead atoms. The van der Waals surface area contributed by atoms with E-state index in [1.54, 1.807) is 0 Å². The lowest BCUT2D eigenvalue weighted by Crippen LogP contribution is -2.39. The smallest absolute Gasteiger partial charge is 0.323 e. The molecule has 26 heavy (non-hydrogen) atoms. The molecule has 0 aromatic heterocycles. The van der Waals surface area contributed by atoms with Crippen molar-refractivity contribution in [3.8, 4) is 0 Å². The van der Waals surface area contributed by atoms with Gasteiger partial charge in [-0.05, 0) is 43.9 Å². The van der Waals surface area contributed by atoms with Crippen molar-refractivity contribution < 1.29 is 19.5 Å². The number of hydrogen-bond donors (Lipinski definition) is 2. The van der Waals surface area contributed by atoms with Gasteiger partial charge in [-0.3, -0.25) is 19.3 Å². The van der Waals surface area contributed by atoms with Crippen molar-refractivity contribution in [3.05, 3.63) is 29.3 Å². The summed E-state index contributed by atoms with van der Waals surface area (Å²) < 4.78 is 0. The molecular formula is C19H27N3O4. The van der Waals surface area contributed by atoms with E-state index >= 15 is 0 Å². The maximum absolute atomic E-state index is 12.4. The predicted molar refractivity (Wildman–Crippen MR) is 99.0 cm³/mol. The second-order valence-corrected chi connectivity index (χ2v) is 6.96. The highest BCUT2D eigenvalue weighted by atomic mass is 16.4. The SMILES string of the molecule is Cc1ccc(C)c(NC(=O)CN(CCC(=O)N(C)CC(=O)O)C2CC2)c1. The number of benzene rings is 1. The van der Waals surface area contributed by atoms with Crippen molar-refractivity contribution >= 4 is 23.5 Å². The summed E-state index contributed by atoms with van der Waals surface area (Å²) in [5.74, 6) is -1.36. The van der Waals surface area contributed by atoms with Gasteiger partial charge in [0.15, 0.2) is 0 Å². The molecule has 0 saturated heterocycles. The van der Waals surface area contributed by atoms with Gasteiger partial charge in [0.2, 0.25) is 11.8 Å². The molecule has 2 N–H and O–H groups in total. The molecule has 1 aliphatic rings. The Kier molecular flexibility index (Phi) is 6.74. The van der Waals surface area contributed by atoms with E-state index in [1.165, 1.54) is 11.9 Å². The summed E-state index contributed by atoms with van der Waals surface area (Å²) in [4.78, 5) is 38.3. The minimum atomic E-state index is -1.03. The number of aliphatic carboxylic acids is 1. The lowest BCUT2D eigenvalue weighted by atomic mass is 10.1. The molecule has 0 radical (unpaired) electrons. The molecule has 1 fully saturated rings. The number of carboxylic acids is 1. The fourth-order valence-corrected chi connectivity index (χ4v) is 2.80. The van der Waals surface area contributed by atoms with Gasteiger partial charge in [0.05, 0.1) is 6.54 Å². The van der Waals surface area contributed by atoms with Crippen LogP contribution in [0.1, 0.15) is 30.4 Å². The Morgan fingerprint density at radius 2 is 1.88 bits per heavy atom. The lowest BCUT2D eigenvalue weighted by Gasteiger charge is -2.23. The number of nitrogens with one attached hydrogen (secondary N) is 1. The van der Waals surface area contributed by atoms with Crippen molar-refractivity contribution in [1.82, 2.24) is 9.80 Å². The Hall–Kier alpha value is -2.41. The number of amides is 2. The van der Waals surface area contributed by atoms with Gasteiger partial charge in [-0.1, -0.05) is 12.1 Å².